The fraction of sp³-hybridized carbons (Fsp3) is 0.412. The van der Waals surface area contributed by atoms with Crippen molar-refractivity contribution in [3.05, 3.63) is 81.0 Å². The molecule has 10 nitrogen and oxygen atoms in total. The van der Waals surface area contributed by atoms with Crippen LogP contribution < -0.4 is 16.4 Å². The van der Waals surface area contributed by atoms with Gasteiger partial charge >= 0.3 is 0 Å². The first-order valence-corrected chi connectivity index (χ1v) is 16.4. The molecule has 0 radical (unpaired) electrons. The summed E-state index contributed by atoms with van der Waals surface area (Å²) in [4.78, 5) is 45.0. The molecule has 1 saturated heterocycles. The van der Waals surface area contributed by atoms with E-state index in [1.165, 1.54) is 35.6 Å². The largest absolute Gasteiger partial charge is 0.384 e. The molecule has 0 spiro atoms. The molecular formula is C34H38F2N6O4S. The molecule has 13 heteroatoms. The number of carbonyl (C=O) groups is 3. The molecule has 2 aliphatic carbocycles. The smallest absolute Gasteiger partial charge is 0.299 e. The van der Waals surface area contributed by atoms with E-state index in [0.717, 1.165) is 11.4 Å². The van der Waals surface area contributed by atoms with Crippen molar-refractivity contribution in [2.24, 2.45) is 11.1 Å². The van der Waals surface area contributed by atoms with E-state index >= 15 is 0 Å². The van der Waals surface area contributed by atoms with Crippen LogP contribution in [0.2, 0.25) is 0 Å². The number of benzene rings is 2. The van der Waals surface area contributed by atoms with Gasteiger partial charge < -0.3 is 30.9 Å². The van der Waals surface area contributed by atoms with Crippen molar-refractivity contribution < 1.29 is 27.9 Å². The first-order chi connectivity index (χ1) is 22.3. The molecule has 5 N–H and O–H groups in total. The van der Waals surface area contributed by atoms with E-state index in [1.54, 1.807) is 34.5 Å². The number of thiophene rings is 1. The van der Waals surface area contributed by atoms with Gasteiger partial charge in [-0.15, -0.1) is 11.3 Å². The van der Waals surface area contributed by atoms with Crippen molar-refractivity contribution in [1.29, 1.82) is 5.41 Å². The summed E-state index contributed by atoms with van der Waals surface area (Å²) in [5.74, 6) is -4.51. The van der Waals surface area contributed by atoms with Gasteiger partial charge in [-0.3, -0.25) is 19.8 Å². The van der Waals surface area contributed by atoms with Gasteiger partial charge in [-0.1, -0.05) is 30.3 Å². The zero-order chi connectivity index (χ0) is 33.7. The zero-order valence-electron chi connectivity index (χ0n) is 26.4. The van der Waals surface area contributed by atoms with Crippen molar-refractivity contribution in [3.63, 3.8) is 0 Å². The number of ether oxygens (including phenoxy) is 1. The van der Waals surface area contributed by atoms with Crippen LogP contribution in [0.1, 0.15) is 57.7 Å². The number of nitrogens with zero attached hydrogens (tertiary/aromatic N) is 2. The van der Waals surface area contributed by atoms with Gasteiger partial charge in [-0.25, -0.2) is 0 Å². The van der Waals surface area contributed by atoms with Crippen LogP contribution in [0.5, 0.6) is 0 Å². The van der Waals surface area contributed by atoms with E-state index in [9.17, 15) is 23.2 Å². The third-order valence-electron chi connectivity index (χ3n) is 9.37. The number of carbonyl (C=O) groups excluding carboxylic acids is 3. The first kappa shape index (κ1) is 32.7. The molecule has 3 aliphatic rings. The Morgan fingerprint density at radius 2 is 1.85 bits per heavy atom. The summed E-state index contributed by atoms with van der Waals surface area (Å²) in [6.45, 7) is 3.15. The SMILES string of the molecule is C[C@@H](NC(=O)C1CC2(COCCN(C)C)CC2N1C(=O)CNC(=O)c1ccc2c(c1)-c1ccccc1C2(F)F)c1cc(C(=N)N)cs1. The summed E-state index contributed by atoms with van der Waals surface area (Å²) >= 11 is 1.39. The van der Waals surface area contributed by atoms with Crippen LogP contribution in [0.4, 0.5) is 8.78 Å². The summed E-state index contributed by atoms with van der Waals surface area (Å²) in [6.07, 6.45) is 1.12. The van der Waals surface area contributed by atoms with Crippen LogP contribution in [0.25, 0.3) is 11.1 Å². The van der Waals surface area contributed by atoms with E-state index in [0.29, 0.717) is 37.2 Å². The van der Waals surface area contributed by atoms with E-state index in [-0.39, 0.29) is 58.0 Å². The molecule has 47 heavy (non-hydrogen) atoms. The van der Waals surface area contributed by atoms with Gasteiger partial charge in [-0.2, -0.15) is 8.78 Å². The van der Waals surface area contributed by atoms with Crippen molar-refractivity contribution in [2.45, 2.75) is 43.8 Å². The molecule has 2 aromatic carbocycles. The maximum absolute atomic E-state index is 15.0. The lowest BCUT2D eigenvalue weighted by molar-refractivity contribution is -0.139. The van der Waals surface area contributed by atoms with Crippen LogP contribution in [-0.2, 0) is 20.2 Å². The number of alkyl halides is 2. The maximum atomic E-state index is 15.0. The van der Waals surface area contributed by atoms with Crippen molar-refractivity contribution in [1.82, 2.24) is 20.4 Å². The number of amidine groups is 1. The van der Waals surface area contributed by atoms with Crippen LogP contribution in [-0.4, -0.2) is 85.8 Å². The van der Waals surface area contributed by atoms with Gasteiger partial charge in [-0.05, 0) is 63.2 Å². The number of rotatable bonds is 12. The Balaban J connectivity index is 1.15. The molecule has 0 bridgehead atoms. The van der Waals surface area contributed by atoms with Crippen molar-refractivity contribution in [2.75, 3.05) is 40.4 Å². The fourth-order valence-electron chi connectivity index (χ4n) is 6.71. The standard InChI is InChI=1S/C34H38F2N6O4S/c1-19(27-13-21(17-47-27)30(37)38)40-32(45)26-14-33(18-46-11-10-41(2)3)15-28(33)42(26)29(43)16-39-31(44)20-8-9-25-23(12-20)22-6-4-5-7-24(22)34(25,35)36/h4-9,12-13,17,19,26,28H,10-11,14-16,18H2,1-3H3,(H3,37,38)(H,39,44)(H,40,45)/t19-,26?,28?,33?/m1/s1. The lowest BCUT2D eigenvalue weighted by Crippen LogP contribution is -2.51. The highest BCUT2D eigenvalue weighted by atomic mass is 32.1. The van der Waals surface area contributed by atoms with Gasteiger partial charge in [0.2, 0.25) is 11.8 Å². The highest BCUT2D eigenvalue weighted by Crippen LogP contribution is 2.59. The minimum atomic E-state index is -3.16. The Bertz CT molecular complexity index is 1740. The molecule has 1 aliphatic heterocycles. The number of nitrogen functional groups attached to an aromatic ring is 1. The predicted octanol–water partition coefficient (Wildman–Crippen LogP) is 3.70. The summed E-state index contributed by atoms with van der Waals surface area (Å²) < 4.78 is 36.0. The van der Waals surface area contributed by atoms with Gasteiger partial charge in [0.05, 0.1) is 25.8 Å². The second-order valence-corrected chi connectivity index (χ2v) is 13.8. The lowest BCUT2D eigenvalue weighted by Gasteiger charge is -2.28. The number of fused-ring (bicyclic) bond motifs is 4. The van der Waals surface area contributed by atoms with Crippen LogP contribution in [0, 0.1) is 10.8 Å². The number of hydrogen-bond donors (Lipinski definition) is 4. The predicted molar refractivity (Wildman–Crippen MR) is 175 cm³/mol. The topological polar surface area (TPSA) is 141 Å². The second kappa shape index (κ2) is 12.4. The van der Waals surface area contributed by atoms with Gasteiger partial charge in [0.25, 0.3) is 11.8 Å². The molecule has 248 valence electrons. The maximum Gasteiger partial charge on any atom is 0.299 e. The molecule has 4 atom stereocenters. The average molecular weight is 665 g/mol. The number of nitrogens with one attached hydrogen (secondary N) is 3. The van der Waals surface area contributed by atoms with Gasteiger partial charge in [0.1, 0.15) is 11.9 Å². The molecule has 3 unspecified atom stereocenters. The quantitative estimate of drug-likeness (QED) is 0.132. The van der Waals surface area contributed by atoms with E-state index in [1.807, 2.05) is 25.9 Å². The number of likely N-dealkylation sites (tertiary alicyclic amines) is 1. The van der Waals surface area contributed by atoms with E-state index in [2.05, 4.69) is 10.6 Å². The third kappa shape index (κ3) is 6.15. The molecule has 1 saturated carbocycles. The fourth-order valence-corrected chi connectivity index (χ4v) is 7.63. The van der Waals surface area contributed by atoms with Crippen LogP contribution in [0.3, 0.4) is 0 Å². The number of piperidine rings is 1. The first-order valence-electron chi connectivity index (χ1n) is 15.5. The number of hydrogen-bond acceptors (Lipinski definition) is 7. The average Bonchev–Trinajstić information content (AvgIpc) is 3.33. The summed E-state index contributed by atoms with van der Waals surface area (Å²) in [6, 6.07) is 10.7. The van der Waals surface area contributed by atoms with Gasteiger partial charge in [0.15, 0.2) is 0 Å². The van der Waals surface area contributed by atoms with E-state index < -0.39 is 23.8 Å². The third-order valence-corrected chi connectivity index (χ3v) is 10.5. The second-order valence-electron chi connectivity index (χ2n) is 12.9. The number of halogens is 2. The summed E-state index contributed by atoms with van der Waals surface area (Å²) in [5.41, 5.74) is 6.39. The Hall–Kier alpha value is -4.20. The highest BCUT2D eigenvalue weighted by Gasteiger charge is 2.67. The zero-order valence-corrected chi connectivity index (χ0v) is 27.3. The molecule has 2 fully saturated rings. The number of likely N-dealkylation sites (N-methyl/N-ethyl adjacent to an activating group) is 1. The Kier molecular flexibility index (Phi) is 8.66. The molecular weight excluding hydrogens is 626 g/mol. The Morgan fingerprint density at radius 3 is 2.57 bits per heavy atom. The van der Waals surface area contributed by atoms with Crippen molar-refractivity contribution >= 4 is 34.9 Å². The molecule has 2 heterocycles. The monoisotopic (exact) mass is 664 g/mol. The summed E-state index contributed by atoms with van der Waals surface area (Å²) in [5, 5.41) is 15.1. The molecule has 3 aromatic rings. The molecule has 1 aromatic heterocycles. The van der Waals surface area contributed by atoms with Gasteiger partial charge in [0, 0.05) is 50.5 Å². The normalized spacial score (nSPS) is 22.3. The minimum Gasteiger partial charge on any atom is -0.384 e. The lowest BCUT2D eigenvalue weighted by atomic mass is 10.00. The van der Waals surface area contributed by atoms with Crippen LogP contribution in [0.15, 0.2) is 53.9 Å². The number of nitrogens with two attached hydrogens (primary N) is 1. The molecule has 6 rings (SSSR count). The van der Waals surface area contributed by atoms with E-state index in [4.69, 9.17) is 15.9 Å². The molecule has 3 amide bonds. The minimum absolute atomic E-state index is 0.0559. The summed E-state index contributed by atoms with van der Waals surface area (Å²) in [7, 11) is 3.91. The Morgan fingerprint density at radius 1 is 1.11 bits per heavy atom. The van der Waals surface area contributed by atoms with Crippen molar-refractivity contribution in [3.8, 4) is 11.1 Å². The Labute approximate surface area is 275 Å². The number of amides is 3. The highest BCUT2D eigenvalue weighted by molar-refractivity contribution is 7.10. The van der Waals surface area contributed by atoms with Crippen LogP contribution >= 0.6 is 11.3 Å².